The van der Waals surface area contributed by atoms with Crippen molar-refractivity contribution in [2.75, 3.05) is 30.4 Å². The second kappa shape index (κ2) is 5.25. The molecule has 0 unspecified atom stereocenters. The first-order valence-corrected chi connectivity index (χ1v) is 7.71. The lowest BCUT2D eigenvalue weighted by atomic mass is 10.1. The molecule has 9 heteroatoms. The van der Waals surface area contributed by atoms with Crippen LogP contribution >= 0.6 is 0 Å². The number of piperidine rings is 1. The van der Waals surface area contributed by atoms with E-state index in [4.69, 9.17) is 5.73 Å². The fourth-order valence-corrected chi connectivity index (χ4v) is 2.88. The molecule has 0 saturated carbocycles. The van der Waals surface area contributed by atoms with Crippen LogP contribution in [0.25, 0.3) is 0 Å². The largest absolute Gasteiger partial charge is 0.368 e. The SMILES string of the molecule is CS(=O)(=O)N1CCC(Nc2nc(N)ncc2F)CC1. The van der Waals surface area contributed by atoms with Gasteiger partial charge in [0.2, 0.25) is 16.0 Å². The smallest absolute Gasteiger partial charge is 0.222 e. The van der Waals surface area contributed by atoms with E-state index < -0.39 is 15.8 Å². The van der Waals surface area contributed by atoms with E-state index in [1.807, 2.05) is 0 Å². The Morgan fingerprint density at radius 2 is 2.11 bits per heavy atom. The average Bonchev–Trinajstić information content (AvgIpc) is 2.33. The van der Waals surface area contributed by atoms with Crippen LogP contribution in [0.3, 0.4) is 0 Å². The van der Waals surface area contributed by atoms with Gasteiger partial charge in [-0.2, -0.15) is 4.98 Å². The average molecular weight is 289 g/mol. The number of halogens is 1. The van der Waals surface area contributed by atoms with Crippen molar-refractivity contribution in [1.82, 2.24) is 14.3 Å². The van der Waals surface area contributed by atoms with Crippen LogP contribution in [0.15, 0.2) is 6.20 Å². The fourth-order valence-electron chi connectivity index (χ4n) is 2.01. The Bertz CT molecular complexity index is 557. The first-order valence-electron chi connectivity index (χ1n) is 5.86. The summed E-state index contributed by atoms with van der Waals surface area (Å²) < 4.78 is 37.6. The predicted molar refractivity (Wildman–Crippen MR) is 69.5 cm³/mol. The van der Waals surface area contributed by atoms with Crippen LogP contribution in [0.4, 0.5) is 16.2 Å². The third-order valence-corrected chi connectivity index (χ3v) is 4.33. The Hall–Kier alpha value is -1.48. The molecule has 0 aromatic carbocycles. The van der Waals surface area contributed by atoms with Gasteiger partial charge in [-0.15, -0.1) is 0 Å². The van der Waals surface area contributed by atoms with E-state index in [9.17, 15) is 12.8 Å². The molecule has 0 bridgehead atoms. The molecule has 7 nitrogen and oxygen atoms in total. The minimum atomic E-state index is -3.15. The topological polar surface area (TPSA) is 101 Å². The highest BCUT2D eigenvalue weighted by molar-refractivity contribution is 7.88. The summed E-state index contributed by atoms with van der Waals surface area (Å²) in [4.78, 5) is 7.32. The van der Waals surface area contributed by atoms with Gasteiger partial charge < -0.3 is 11.1 Å². The van der Waals surface area contributed by atoms with Crippen LogP contribution in [0.1, 0.15) is 12.8 Å². The van der Waals surface area contributed by atoms with Crippen molar-refractivity contribution in [2.45, 2.75) is 18.9 Å². The van der Waals surface area contributed by atoms with E-state index in [1.54, 1.807) is 0 Å². The van der Waals surface area contributed by atoms with Gasteiger partial charge in [0, 0.05) is 19.1 Å². The zero-order valence-electron chi connectivity index (χ0n) is 10.5. The molecule has 1 aromatic rings. The van der Waals surface area contributed by atoms with Crippen molar-refractivity contribution in [3.63, 3.8) is 0 Å². The summed E-state index contributed by atoms with van der Waals surface area (Å²) in [5, 5.41) is 2.93. The van der Waals surface area contributed by atoms with Gasteiger partial charge in [0.25, 0.3) is 0 Å². The van der Waals surface area contributed by atoms with Gasteiger partial charge in [-0.1, -0.05) is 0 Å². The van der Waals surface area contributed by atoms with Crippen LogP contribution in [-0.2, 0) is 10.0 Å². The predicted octanol–water partition coefficient (Wildman–Crippen LogP) is 0.0338. The number of anilines is 2. The standard InChI is InChI=1S/C10H16FN5O2S/c1-19(17,18)16-4-2-7(3-5-16)14-9-8(11)6-13-10(12)15-9/h6-7H,2-5H2,1H3,(H3,12,13,14,15). The molecular weight excluding hydrogens is 273 g/mol. The molecule has 0 amide bonds. The second-order valence-corrected chi connectivity index (χ2v) is 6.49. The highest BCUT2D eigenvalue weighted by atomic mass is 32.2. The van der Waals surface area contributed by atoms with Crippen LogP contribution in [0.2, 0.25) is 0 Å². The summed E-state index contributed by atoms with van der Waals surface area (Å²) in [6.45, 7) is 0.831. The molecule has 1 aromatic heterocycles. The van der Waals surface area contributed by atoms with Gasteiger partial charge in [0.15, 0.2) is 11.6 Å². The van der Waals surface area contributed by atoms with E-state index in [2.05, 4.69) is 15.3 Å². The minimum absolute atomic E-state index is 0.00234. The zero-order chi connectivity index (χ0) is 14.0. The van der Waals surface area contributed by atoms with Crippen molar-refractivity contribution in [3.05, 3.63) is 12.0 Å². The maximum absolute atomic E-state index is 13.4. The highest BCUT2D eigenvalue weighted by Gasteiger charge is 2.25. The minimum Gasteiger partial charge on any atom is -0.368 e. The molecule has 0 spiro atoms. The Labute approximate surface area is 111 Å². The summed E-state index contributed by atoms with van der Waals surface area (Å²) in [6, 6.07) is -0.0261. The van der Waals surface area contributed by atoms with Gasteiger partial charge in [-0.25, -0.2) is 22.1 Å². The quantitative estimate of drug-likeness (QED) is 0.814. The number of nitrogens with two attached hydrogens (primary N) is 1. The number of nitrogens with zero attached hydrogens (tertiary/aromatic N) is 3. The van der Waals surface area contributed by atoms with E-state index in [1.165, 1.54) is 10.6 Å². The maximum Gasteiger partial charge on any atom is 0.222 e. The molecule has 0 radical (unpaired) electrons. The van der Waals surface area contributed by atoms with Gasteiger partial charge >= 0.3 is 0 Å². The first-order chi connectivity index (χ1) is 8.86. The lowest BCUT2D eigenvalue weighted by Gasteiger charge is -2.30. The van der Waals surface area contributed by atoms with Gasteiger partial charge in [0.1, 0.15) is 0 Å². The molecule has 2 heterocycles. The molecule has 0 atom stereocenters. The molecule has 1 aliphatic heterocycles. The number of hydrogen-bond donors (Lipinski definition) is 2. The normalized spacial score (nSPS) is 18.4. The lowest BCUT2D eigenvalue weighted by Crippen LogP contribution is -2.42. The molecule has 1 aliphatic rings. The summed E-state index contributed by atoms with van der Waals surface area (Å²) in [5.41, 5.74) is 5.40. The second-order valence-electron chi connectivity index (χ2n) is 4.51. The molecule has 1 saturated heterocycles. The van der Waals surface area contributed by atoms with Crippen LogP contribution in [0.5, 0.6) is 0 Å². The summed E-state index contributed by atoms with van der Waals surface area (Å²) in [7, 11) is -3.15. The Morgan fingerprint density at radius 3 is 2.68 bits per heavy atom. The Morgan fingerprint density at radius 1 is 1.47 bits per heavy atom. The molecule has 3 N–H and O–H groups in total. The highest BCUT2D eigenvalue weighted by Crippen LogP contribution is 2.19. The number of aromatic nitrogens is 2. The van der Waals surface area contributed by atoms with Crippen molar-refractivity contribution < 1.29 is 12.8 Å². The van der Waals surface area contributed by atoms with Gasteiger partial charge in [0.05, 0.1) is 12.5 Å². The summed E-state index contributed by atoms with van der Waals surface area (Å²) in [5.74, 6) is -0.512. The molecule has 0 aliphatic carbocycles. The number of sulfonamides is 1. The Kier molecular flexibility index (Phi) is 3.85. The Balaban J connectivity index is 1.98. The number of hydrogen-bond acceptors (Lipinski definition) is 6. The fraction of sp³-hybridized carbons (Fsp3) is 0.600. The van der Waals surface area contributed by atoms with Crippen molar-refractivity contribution in [3.8, 4) is 0 Å². The maximum atomic E-state index is 13.4. The van der Waals surface area contributed by atoms with Crippen molar-refractivity contribution in [2.24, 2.45) is 0 Å². The van der Waals surface area contributed by atoms with Crippen molar-refractivity contribution >= 4 is 21.8 Å². The molecule has 2 rings (SSSR count). The van der Waals surface area contributed by atoms with E-state index in [-0.39, 0.29) is 17.8 Å². The molecule has 19 heavy (non-hydrogen) atoms. The monoisotopic (exact) mass is 289 g/mol. The van der Waals surface area contributed by atoms with E-state index in [0.29, 0.717) is 25.9 Å². The van der Waals surface area contributed by atoms with Gasteiger partial charge in [-0.05, 0) is 12.8 Å². The van der Waals surface area contributed by atoms with E-state index in [0.717, 1.165) is 6.20 Å². The summed E-state index contributed by atoms with van der Waals surface area (Å²) >= 11 is 0. The third kappa shape index (κ3) is 3.51. The van der Waals surface area contributed by atoms with Crippen molar-refractivity contribution in [1.29, 1.82) is 0 Å². The van der Waals surface area contributed by atoms with Crippen LogP contribution in [0, 0.1) is 5.82 Å². The van der Waals surface area contributed by atoms with E-state index >= 15 is 0 Å². The molecule has 106 valence electrons. The zero-order valence-corrected chi connectivity index (χ0v) is 11.3. The first kappa shape index (κ1) is 13.9. The molecular formula is C10H16FN5O2S. The van der Waals surface area contributed by atoms with Gasteiger partial charge in [-0.3, -0.25) is 0 Å². The number of nitrogen functional groups attached to an aromatic ring is 1. The number of nitrogens with one attached hydrogen (secondary N) is 1. The molecule has 1 fully saturated rings. The van der Waals surface area contributed by atoms with Crippen LogP contribution in [-0.4, -0.2) is 48.1 Å². The third-order valence-electron chi connectivity index (χ3n) is 3.03. The lowest BCUT2D eigenvalue weighted by molar-refractivity contribution is 0.331. The van der Waals surface area contributed by atoms with Crippen LogP contribution < -0.4 is 11.1 Å². The summed E-state index contributed by atoms with van der Waals surface area (Å²) in [6.07, 6.45) is 3.38. The number of rotatable bonds is 3.